The Kier molecular flexibility index (Phi) is 18.2. The SMILES string of the molecule is CCCCCCCC/C=C\CCCCCCC(CC(O)CO)(CC(O)CO)C(=O)O. The average Bonchev–Trinajstić information content (AvgIpc) is 2.73. The average molecular weight is 431 g/mol. The van der Waals surface area contributed by atoms with Crippen molar-refractivity contribution >= 4 is 5.97 Å². The van der Waals surface area contributed by atoms with Gasteiger partial charge in [-0.2, -0.15) is 0 Å². The minimum absolute atomic E-state index is 0.128. The van der Waals surface area contributed by atoms with Crippen molar-refractivity contribution in [1.82, 2.24) is 0 Å². The van der Waals surface area contributed by atoms with Crippen molar-refractivity contribution in [2.75, 3.05) is 13.2 Å². The first-order valence-corrected chi connectivity index (χ1v) is 11.9. The van der Waals surface area contributed by atoms with Crippen molar-refractivity contribution < 1.29 is 30.3 Å². The number of carboxylic acids is 1. The van der Waals surface area contributed by atoms with Gasteiger partial charge in [0.1, 0.15) is 0 Å². The van der Waals surface area contributed by atoms with Crippen molar-refractivity contribution in [3.63, 3.8) is 0 Å². The molecule has 0 aliphatic heterocycles. The predicted octanol–water partition coefficient (Wildman–Crippen LogP) is 4.19. The molecule has 0 saturated carbocycles. The standard InChI is InChI=1S/C24H46O6/c1-2-3-4-5-6-7-8-9-10-11-12-13-14-15-16-24(23(29)30,17-21(27)19-25)18-22(28)20-26/h9-10,21-22,25-28H,2-8,11-20H2,1H3,(H,29,30)/b10-9-. The van der Waals surface area contributed by atoms with E-state index in [4.69, 9.17) is 10.2 Å². The molecule has 0 aliphatic carbocycles. The minimum Gasteiger partial charge on any atom is -0.481 e. The Bertz CT molecular complexity index is 425. The smallest absolute Gasteiger partial charge is 0.309 e. The number of unbranched alkanes of at least 4 members (excludes halogenated alkanes) is 10. The predicted molar refractivity (Wildman–Crippen MR) is 120 cm³/mol. The summed E-state index contributed by atoms with van der Waals surface area (Å²) < 4.78 is 0. The number of carboxylic acid groups (broad SMARTS) is 1. The number of carbonyl (C=O) groups is 1. The number of aliphatic hydroxyl groups is 4. The summed E-state index contributed by atoms with van der Waals surface area (Å²) in [5.74, 6) is -1.10. The van der Waals surface area contributed by atoms with Crippen molar-refractivity contribution in [3.05, 3.63) is 12.2 Å². The zero-order chi connectivity index (χ0) is 22.7. The third kappa shape index (κ3) is 14.1. The second-order valence-corrected chi connectivity index (χ2v) is 8.65. The number of hydrogen-bond acceptors (Lipinski definition) is 5. The molecule has 6 heteroatoms. The molecule has 2 unspecified atom stereocenters. The van der Waals surface area contributed by atoms with E-state index in [0.717, 1.165) is 32.1 Å². The van der Waals surface area contributed by atoms with Gasteiger partial charge in [-0.05, 0) is 44.9 Å². The van der Waals surface area contributed by atoms with Crippen molar-refractivity contribution in [3.8, 4) is 0 Å². The van der Waals surface area contributed by atoms with Gasteiger partial charge in [-0.3, -0.25) is 4.79 Å². The highest BCUT2D eigenvalue weighted by Gasteiger charge is 2.41. The molecule has 6 nitrogen and oxygen atoms in total. The molecule has 0 aliphatic rings. The van der Waals surface area contributed by atoms with Crippen LogP contribution in [0, 0.1) is 5.41 Å². The lowest BCUT2D eigenvalue weighted by molar-refractivity contribution is -0.155. The third-order valence-electron chi connectivity index (χ3n) is 5.80. The molecule has 0 heterocycles. The number of rotatable bonds is 21. The second-order valence-electron chi connectivity index (χ2n) is 8.65. The van der Waals surface area contributed by atoms with E-state index < -0.39 is 36.8 Å². The van der Waals surface area contributed by atoms with E-state index in [1.165, 1.54) is 38.5 Å². The van der Waals surface area contributed by atoms with Crippen molar-refractivity contribution in [2.24, 2.45) is 5.41 Å². The number of allylic oxidation sites excluding steroid dienone is 2. The van der Waals surface area contributed by atoms with E-state index in [9.17, 15) is 20.1 Å². The van der Waals surface area contributed by atoms with Crippen LogP contribution < -0.4 is 0 Å². The maximum Gasteiger partial charge on any atom is 0.309 e. The van der Waals surface area contributed by atoms with Gasteiger partial charge in [-0.25, -0.2) is 0 Å². The summed E-state index contributed by atoms with van der Waals surface area (Å²) in [5, 5.41) is 47.5. The lowest BCUT2D eigenvalue weighted by Crippen LogP contribution is -2.39. The van der Waals surface area contributed by atoms with Crippen LogP contribution >= 0.6 is 0 Å². The Balaban J connectivity index is 4.13. The molecule has 0 aromatic carbocycles. The molecule has 0 aromatic heterocycles. The van der Waals surface area contributed by atoms with E-state index in [-0.39, 0.29) is 12.8 Å². The monoisotopic (exact) mass is 430 g/mol. The van der Waals surface area contributed by atoms with E-state index in [1.54, 1.807) is 0 Å². The number of hydrogen-bond donors (Lipinski definition) is 5. The fourth-order valence-electron chi connectivity index (χ4n) is 3.96. The Morgan fingerprint density at radius 3 is 1.63 bits per heavy atom. The van der Waals surface area contributed by atoms with Crippen LogP contribution in [0.1, 0.15) is 103 Å². The fraction of sp³-hybridized carbons (Fsp3) is 0.875. The molecule has 0 radical (unpaired) electrons. The molecule has 0 spiro atoms. The van der Waals surface area contributed by atoms with Crippen LogP contribution in [0.2, 0.25) is 0 Å². The zero-order valence-electron chi connectivity index (χ0n) is 19.0. The third-order valence-corrected chi connectivity index (χ3v) is 5.80. The summed E-state index contributed by atoms with van der Waals surface area (Å²) in [6.45, 7) is 1.19. The highest BCUT2D eigenvalue weighted by molar-refractivity contribution is 5.74. The maximum atomic E-state index is 11.9. The van der Waals surface area contributed by atoms with E-state index in [0.29, 0.717) is 12.8 Å². The molecule has 5 N–H and O–H groups in total. The highest BCUT2D eigenvalue weighted by atomic mass is 16.4. The highest BCUT2D eigenvalue weighted by Crippen LogP contribution is 2.36. The second kappa shape index (κ2) is 18.8. The summed E-state index contributed by atoms with van der Waals surface area (Å²) in [4.78, 5) is 11.9. The summed E-state index contributed by atoms with van der Waals surface area (Å²) in [7, 11) is 0. The molecule has 0 rings (SSSR count). The number of aliphatic carboxylic acids is 1. The molecule has 0 bridgehead atoms. The Labute approximate surface area is 183 Å². The largest absolute Gasteiger partial charge is 0.481 e. The van der Waals surface area contributed by atoms with Gasteiger partial charge < -0.3 is 25.5 Å². The molecule has 0 saturated heterocycles. The van der Waals surface area contributed by atoms with Gasteiger partial charge >= 0.3 is 5.97 Å². The first-order chi connectivity index (χ1) is 14.4. The summed E-state index contributed by atoms with van der Waals surface area (Å²) in [6.07, 6.45) is 15.9. The molecule has 0 amide bonds. The lowest BCUT2D eigenvalue weighted by atomic mass is 9.73. The zero-order valence-corrected chi connectivity index (χ0v) is 19.0. The van der Waals surface area contributed by atoms with Crippen LogP contribution in [-0.2, 0) is 4.79 Å². The number of aliphatic hydroxyl groups excluding tert-OH is 4. The van der Waals surface area contributed by atoms with Gasteiger partial charge in [0.15, 0.2) is 0 Å². The minimum atomic E-state index is -1.33. The molecule has 2 atom stereocenters. The van der Waals surface area contributed by atoms with Crippen LogP contribution in [0.4, 0.5) is 0 Å². The van der Waals surface area contributed by atoms with Gasteiger partial charge in [0.25, 0.3) is 0 Å². The quantitative estimate of drug-likeness (QED) is 0.138. The van der Waals surface area contributed by atoms with Gasteiger partial charge in [-0.15, -0.1) is 0 Å². The molecular weight excluding hydrogens is 384 g/mol. The Morgan fingerprint density at radius 2 is 1.20 bits per heavy atom. The molecular formula is C24H46O6. The van der Waals surface area contributed by atoms with Gasteiger partial charge in [0, 0.05) is 0 Å². The van der Waals surface area contributed by atoms with Crippen LogP contribution in [0.3, 0.4) is 0 Å². The van der Waals surface area contributed by atoms with Crippen molar-refractivity contribution in [2.45, 2.75) is 115 Å². The summed E-state index contributed by atoms with van der Waals surface area (Å²) in [5.41, 5.74) is -1.33. The summed E-state index contributed by atoms with van der Waals surface area (Å²) >= 11 is 0. The lowest BCUT2D eigenvalue weighted by Gasteiger charge is -2.32. The molecule has 0 fully saturated rings. The van der Waals surface area contributed by atoms with Gasteiger partial charge in [0.2, 0.25) is 0 Å². The van der Waals surface area contributed by atoms with E-state index >= 15 is 0 Å². The Hall–Kier alpha value is -0.950. The van der Waals surface area contributed by atoms with Crippen molar-refractivity contribution in [1.29, 1.82) is 0 Å². The first-order valence-electron chi connectivity index (χ1n) is 11.9. The first kappa shape index (κ1) is 29.1. The summed E-state index contributed by atoms with van der Waals surface area (Å²) in [6, 6.07) is 0. The molecule has 0 aromatic rings. The topological polar surface area (TPSA) is 118 Å². The molecule has 178 valence electrons. The Morgan fingerprint density at radius 1 is 0.767 bits per heavy atom. The maximum absolute atomic E-state index is 11.9. The van der Waals surface area contributed by atoms with E-state index in [2.05, 4.69) is 19.1 Å². The fourth-order valence-corrected chi connectivity index (χ4v) is 3.96. The van der Waals surface area contributed by atoms with Crippen LogP contribution in [-0.4, -0.2) is 56.9 Å². The normalized spacial score (nSPS) is 15.9. The van der Waals surface area contributed by atoms with Gasteiger partial charge in [-0.1, -0.05) is 70.4 Å². The van der Waals surface area contributed by atoms with Crippen LogP contribution in [0.15, 0.2) is 12.2 Å². The van der Waals surface area contributed by atoms with E-state index in [1.807, 2.05) is 0 Å². The van der Waals surface area contributed by atoms with Gasteiger partial charge in [0.05, 0.1) is 30.8 Å². The van der Waals surface area contributed by atoms with Crippen LogP contribution in [0.25, 0.3) is 0 Å². The van der Waals surface area contributed by atoms with Crippen LogP contribution in [0.5, 0.6) is 0 Å². The molecule has 30 heavy (non-hydrogen) atoms.